The molecule has 0 fully saturated rings. The Labute approximate surface area is 130 Å². The molecule has 1 aromatic heterocycles. The fourth-order valence-electron chi connectivity index (χ4n) is 2.04. The predicted octanol–water partition coefficient (Wildman–Crippen LogP) is 5.43. The van der Waals surface area contributed by atoms with Gasteiger partial charge in [-0.15, -0.1) is 0 Å². The summed E-state index contributed by atoms with van der Waals surface area (Å²) < 4.78 is 7.86. The highest BCUT2D eigenvalue weighted by atomic mass is 35.5. The summed E-state index contributed by atoms with van der Waals surface area (Å²) in [6, 6.07) is 9.43. The Hall–Kier alpha value is -1.12. The van der Waals surface area contributed by atoms with Crippen LogP contribution < -0.4 is 4.74 Å². The molecule has 0 bridgehead atoms. The SMILES string of the molecule is Clc1ccc(OCCCCCCn2cccc2)c(Cl)c1. The lowest BCUT2D eigenvalue weighted by Crippen LogP contribution is -1.99. The second kappa shape index (κ2) is 8.23. The van der Waals surface area contributed by atoms with Crippen molar-refractivity contribution in [2.24, 2.45) is 0 Å². The van der Waals surface area contributed by atoms with Crippen LogP contribution in [-0.4, -0.2) is 11.2 Å². The quantitative estimate of drug-likeness (QED) is 0.592. The van der Waals surface area contributed by atoms with Crippen LogP contribution in [0.5, 0.6) is 5.75 Å². The van der Waals surface area contributed by atoms with Crippen LogP contribution in [0.4, 0.5) is 0 Å². The molecule has 20 heavy (non-hydrogen) atoms. The molecule has 0 radical (unpaired) electrons. The molecule has 0 amide bonds. The summed E-state index contributed by atoms with van der Waals surface area (Å²) in [5.74, 6) is 0.711. The van der Waals surface area contributed by atoms with Gasteiger partial charge in [0.25, 0.3) is 0 Å². The monoisotopic (exact) mass is 311 g/mol. The highest BCUT2D eigenvalue weighted by molar-refractivity contribution is 6.35. The maximum Gasteiger partial charge on any atom is 0.137 e. The Kier molecular flexibility index (Phi) is 6.28. The van der Waals surface area contributed by atoms with E-state index < -0.39 is 0 Å². The third-order valence-electron chi connectivity index (χ3n) is 3.13. The summed E-state index contributed by atoms with van der Waals surface area (Å²) in [5, 5.41) is 1.21. The van der Waals surface area contributed by atoms with Crippen molar-refractivity contribution in [1.29, 1.82) is 0 Å². The molecule has 2 nitrogen and oxygen atoms in total. The van der Waals surface area contributed by atoms with Crippen LogP contribution in [0.15, 0.2) is 42.7 Å². The number of aryl methyl sites for hydroxylation is 1. The van der Waals surface area contributed by atoms with Crippen molar-refractivity contribution in [3.05, 3.63) is 52.8 Å². The van der Waals surface area contributed by atoms with E-state index in [1.807, 2.05) is 6.07 Å². The standard InChI is InChI=1S/C16H19Cl2NO/c17-14-7-8-16(15(18)13-14)20-12-6-2-1-3-9-19-10-4-5-11-19/h4-5,7-8,10-11,13H,1-3,6,9,12H2. The topological polar surface area (TPSA) is 14.2 Å². The molecule has 0 spiro atoms. The summed E-state index contributed by atoms with van der Waals surface area (Å²) in [5.41, 5.74) is 0. The summed E-state index contributed by atoms with van der Waals surface area (Å²) >= 11 is 11.9. The summed E-state index contributed by atoms with van der Waals surface area (Å²) in [7, 11) is 0. The Morgan fingerprint density at radius 1 is 0.950 bits per heavy atom. The fraction of sp³-hybridized carbons (Fsp3) is 0.375. The van der Waals surface area contributed by atoms with Crippen molar-refractivity contribution >= 4 is 23.2 Å². The van der Waals surface area contributed by atoms with E-state index in [0.717, 1.165) is 13.0 Å². The van der Waals surface area contributed by atoms with Crippen molar-refractivity contribution in [2.45, 2.75) is 32.2 Å². The highest BCUT2D eigenvalue weighted by Gasteiger charge is 2.01. The third kappa shape index (κ3) is 5.10. The van der Waals surface area contributed by atoms with Crippen LogP contribution in [0.1, 0.15) is 25.7 Å². The number of benzene rings is 1. The number of unbranched alkanes of at least 4 members (excludes halogenated alkanes) is 3. The smallest absolute Gasteiger partial charge is 0.137 e. The van der Waals surface area contributed by atoms with Gasteiger partial charge in [0, 0.05) is 24.0 Å². The van der Waals surface area contributed by atoms with E-state index in [-0.39, 0.29) is 0 Å². The average Bonchev–Trinajstić information content (AvgIpc) is 2.93. The van der Waals surface area contributed by atoms with Gasteiger partial charge in [-0.1, -0.05) is 36.0 Å². The largest absolute Gasteiger partial charge is 0.492 e. The van der Waals surface area contributed by atoms with Crippen LogP contribution >= 0.6 is 23.2 Å². The van der Waals surface area contributed by atoms with E-state index >= 15 is 0 Å². The van der Waals surface area contributed by atoms with Gasteiger partial charge in [0.15, 0.2) is 0 Å². The first kappa shape index (κ1) is 15.3. The number of aromatic nitrogens is 1. The molecule has 1 heterocycles. The minimum Gasteiger partial charge on any atom is -0.492 e. The van der Waals surface area contributed by atoms with Gasteiger partial charge in [-0.25, -0.2) is 0 Å². The summed E-state index contributed by atoms with van der Waals surface area (Å²) in [6.07, 6.45) is 8.85. The molecule has 108 valence electrons. The molecule has 0 aliphatic heterocycles. The average molecular weight is 312 g/mol. The van der Waals surface area contributed by atoms with E-state index in [2.05, 4.69) is 29.1 Å². The Balaban J connectivity index is 1.55. The van der Waals surface area contributed by atoms with Gasteiger partial charge < -0.3 is 9.30 Å². The van der Waals surface area contributed by atoms with E-state index in [4.69, 9.17) is 27.9 Å². The Morgan fingerprint density at radius 3 is 2.45 bits per heavy atom. The lowest BCUT2D eigenvalue weighted by atomic mass is 10.2. The summed E-state index contributed by atoms with van der Waals surface area (Å²) in [6.45, 7) is 1.79. The van der Waals surface area contributed by atoms with Gasteiger partial charge in [-0.2, -0.15) is 0 Å². The molecule has 0 saturated carbocycles. The molecule has 0 N–H and O–H groups in total. The first-order valence-corrected chi connectivity index (χ1v) is 7.70. The van der Waals surface area contributed by atoms with E-state index in [1.165, 1.54) is 19.3 Å². The zero-order chi connectivity index (χ0) is 14.2. The van der Waals surface area contributed by atoms with Gasteiger partial charge in [-0.05, 0) is 43.2 Å². The lowest BCUT2D eigenvalue weighted by Gasteiger charge is -2.08. The van der Waals surface area contributed by atoms with Crippen LogP contribution in [0.3, 0.4) is 0 Å². The van der Waals surface area contributed by atoms with Crippen molar-refractivity contribution in [3.8, 4) is 5.75 Å². The van der Waals surface area contributed by atoms with E-state index in [1.54, 1.807) is 12.1 Å². The maximum absolute atomic E-state index is 6.04. The Bertz CT molecular complexity index is 511. The van der Waals surface area contributed by atoms with Crippen molar-refractivity contribution in [1.82, 2.24) is 4.57 Å². The van der Waals surface area contributed by atoms with Gasteiger partial charge in [0.1, 0.15) is 5.75 Å². The molecule has 2 rings (SSSR count). The summed E-state index contributed by atoms with van der Waals surface area (Å²) in [4.78, 5) is 0. The second-order valence-electron chi connectivity index (χ2n) is 4.76. The molecule has 1 aromatic carbocycles. The fourth-order valence-corrected chi connectivity index (χ4v) is 2.51. The molecule has 0 saturated heterocycles. The number of nitrogens with zero attached hydrogens (tertiary/aromatic N) is 1. The van der Waals surface area contributed by atoms with Crippen LogP contribution in [0.2, 0.25) is 10.0 Å². The third-order valence-corrected chi connectivity index (χ3v) is 3.66. The second-order valence-corrected chi connectivity index (χ2v) is 5.60. The maximum atomic E-state index is 6.04. The highest BCUT2D eigenvalue weighted by Crippen LogP contribution is 2.27. The van der Waals surface area contributed by atoms with Crippen molar-refractivity contribution in [3.63, 3.8) is 0 Å². The first-order valence-electron chi connectivity index (χ1n) is 6.94. The lowest BCUT2D eigenvalue weighted by molar-refractivity contribution is 0.304. The molecular formula is C16H19Cl2NO. The normalized spacial score (nSPS) is 10.7. The number of rotatable bonds is 8. The number of halogens is 2. The van der Waals surface area contributed by atoms with Crippen LogP contribution in [0.25, 0.3) is 0 Å². The molecule has 0 atom stereocenters. The molecule has 0 aliphatic rings. The molecule has 0 unspecified atom stereocenters. The van der Waals surface area contributed by atoms with Gasteiger partial charge in [-0.3, -0.25) is 0 Å². The molecule has 4 heteroatoms. The minimum absolute atomic E-state index is 0.574. The van der Waals surface area contributed by atoms with Crippen LogP contribution in [-0.2, 0) is 6.54 Å². The minimum atomic E-state index is 0.574. The number of ether oxygens (including phenoxy) is 1. The van der Waals surface area contributed by atoms with Crippen molar-refractivity contribution < 1.29 is 4.74 Å². The Morgan fingerprint density at radius 2 is 1.70 bits per heavy atom. The van der Waals surface area contributed by atoms with Gasteiger partial charge in [0.2, 0.25) is 0 Å². The van der Waals surface area contributed by atoms with E-state index in [9.17, 15) is 0 Å². The molecule has 2 aromatic rings. The van der Waals surface area contributed by atoms with E-state index in [0.29, 0.717) is 22.4 Å². The van der Waals surface area contributed by atoms with Crippen LogP contribution in [0, 0.1) is 0 Å². The molecule has 0 aliphatic carbocycles. The zero-order valence-corrected chi connectivity index (χ0v) is 12.9. The first-order chi connectivity index (χ1) is 9.75. The molecular weight excluding hydrogens is 293 g/mol. The zero-order valence-electron chi connectivity index (χ0n) is 11.4. The predicted molar refractivity (Wildman–Crippen MR) is 84.9 cm³/mol. The van der Waals surface area contributed by atoms with Crippen molar-refractivity contribution in [2.75, 3.05) is 6.61 Å². The van der Waals surface area contributed by atoms with Gasteiger partial charge >= 0.3 is 0 Å². The van der Waals surface area contributed by atoms with Gasteiger partial charge in [0.05, 0.1) is 11.6 Å². The number of hydrogen-bond donors (Lipinski definition) is 0. The number of hydrogen-bond acceptors (Lipinski definition) is 1.